The zero-order valence-corrected chi connectivity index (χ0v) is 24.2. The highest BCUT2D eigenvalue weighted by molar-refractivity contribution is 6.31. The van der Waals surface area contributed by atoms with E-state index in [4.69, 9.17) is 27.9 Å². The molecule has 1 amide bonds. The van der Waals surface area contributed by atoms with E-state index >= 15 is 0 Å². The summed E-state index contributed by atoms with van der Waals surface area (Å²) in [7, 11) is 0. The van der Waals surface area contributed by atoms with Crippen molar-refractivity contribution in [1.82, 2.24) is 10.2 Å². The minimum atomic E-state index is -0.221. The van der Waals surface area contributed by atoms with E-state index in [2.05, 4.69) is 28.1 Å². The van der Waals surface area contributed by atoms with Gasteiger partial charge in [-0.25, -0.2) is 4.79 Å². The number of hydrogen-bond acceptors (Lipinski definition) is 5. The molecule has 2 saturated heterocycles. The Kier molecular flexibility index (Phi) is 7.84. The van der Waals surface area contributed by atoms with Crippen molar-refractivity contribution in [3.8, 4) is 0 Å². The van der Waals surface area contributed by atoms with Gasteiger partial charge < -0.3 is 25.6 Å². The number of rotatable bonds is 2. The molecule has 6 nitrogen and oxygen atoms in total. The van der Waals surface area contributed by atoms with Crippen molar-refractivity contribution in [3.63, 3.8) is 0 Å². The summed E-state index contributed by atoms with van der Waals surface area (Å²) < 4.78 is 5.46. The number of piperidine rings is 2. The third-order valence-electron chi connectivity index (χ3n) is 9.08. The van der Waals surface area contributed by atoms with Crippen molar-refractivity contribution >= 4 is 40.7 Å². The second-order valence-electron chi connectivity index (χ2n) is 11.4. The van der Waals surface area contributed by atoms with E-state index in [1.54, 1.807) is 0 Å². The van der Waals surface area contributed by atoms with Gasteiger partial charge in [-0.1, -0.05) is 65.7 Å². The Morgan fingerprint density at radius 3 is 1.90 bits per heavy atom. The Hall–Kier alpha value is -2.93. The summed E-state index contributed by atoms with van der Waals surface area (Å²) in [6, 6.07) is 22.1. The van der Waals surface area contributed by atoms with Gasteiger partial charge in [-0.3, -0.25) is 0 Å². The largest absolute Gasteiger partial charge is 0.445 e. The van der Waals surface area contributed by atoms with Gasteiger partial charge in [-0.05, 0) is 79.7 Å². The van der Waals surface area contributed by atoms with E-state index in [1.807, 2.05) is 59.5 Å². The van der Waals surface area contributed by atoms with Crippen LogP contribution in [0, 0.1) is 0 Å². The summed E-state index contributed by atoms with van der Waals surface area (Å²) >= 11 is 12.1. The van der Waals surface area contributed by atoms with Crippen molar-refractivity contribution in [2.45, 2.75) is 43.1 Å². The lowest BCUT2D eigenvalue weighted by Gasteiger charge is -2.38. The van der Waals surface area contributed by atoms with Crippen molar-refractivity contribution in [2.75, 3.05) is 49.9 Å². The molecule has 40 heavy (non-hydrogen) atoms. The van der Waals surface area contributed by atoms with Gasteiger partial charge in [0.05, 0.1) is 0 Å². The maximum atomic E-state index is 12.3. The van der Waals surface area contributed by atoms with E-state index in [9.17, 15) is 4.79 Å². The quantitative estimate of drug-likeness (QED) is 0.311. The maximum absolute atomic E-state index is 12.3. The van der Waals surface area contributed by atoms with Gasteiger partial charge in [-0.2, -0.15) is 0 Å². The van der Waals surface area contributed by atoms with Crippen LogP contribution in [0.15, 0.2) is 66.7 Å². The van der Waals surface area contributed by atoms with E-state index in [1.165, 1.54) is 29.7 Å². The van der Waals surface area contributed by atoms with Crippen LogP contribution in [-0.4, -0.2) is 50.3 Å². The Morgan fingerprint density at radius 2 is 1.32 bits per heavy atom. The van der Waals surface area contributed by atoms with Crippen LogP contribution in [-0.2, 0) is 22.2 Å². The monoisotopic (exact) mass is 578 g/mol. The number of carbonyl (C=O) groups is 1. The number of halogens is 2. The number of nitrogens with zero attached hydrogens (tertiary/aromatic N) is 1. The average Bonchev–Trinajstić information content (AvgIpc) is 3.50. The van der Waals surface area contributed by atoms with Gasteiger partial charge in [-0.15, -0.1) is 0 Å². The van der Waals surface area contributed by atoms with E-state index in [-0.39, 0.29) is 11.5 Å². The van der Waals surface area contributed by atoms with Gasteiger partial charge in [0.2, 0.25) is 0 Å². The Morgan fingerprint density at radius 1 is 0.775 bits per heavy atom. The van der Waals surface area contributed by atoms with Crippen LogP contribution in [0.1, 0.15) is 42.4 Å². The minimum absolute atomic E-state index is 0.107. The molecule has 2 spiro atoms. The third kappa shape index (κ3) is 5.50. The molecule has 4 heterocycles. The molecule has 4 aliphatic rings. The van der Waals surface area contributed by atoms with Gasteiger partial charge in [0.1, 0.15) is 6.61 Å². The fourth-order valence-corrected chi connectivity index (χ4v) is 7.04. The Bertz CT molecular complexity index is 1350. The minimum Gasteiger partial charge on any atom is -0.445 e. The number of ether oxygens (including phenoxy) is 1. The summed E-state index contributed by atoms with van der Waals surface area (Å²) in [5.74, 6) is 0. The van der Waals surface area contributed by atoms with Crippen LogP contribution in [0.5, 0.6) is 0 Å². The van der Waals surface area contributed by atoms with Gasteiger partial charge in [0.25, 0.3) is 0 Å². The fourth-order valence-electron chi connectivity index (χ4n) is 6.70. The second-order valence-corrected chi connectivity index (χ2v) is 12.3. The number of nitrogens with one attached hydrogen (secondary N) is 3. The highest BCUT2D eigenvalue weighted by atomic mass is 35.5. The lowest BCUT2D eigenvalue weighted by molar-refractivity contribution is 0.0794. The predicted molar refractivity (Wildman–Crippen MR) is 163 cm³/mol. The van der Waals surface area contributed by atoms with Gasteiger partial charge >= 0.3 is 6.09 Å². The molecule has 0 atom stereocenters. The summed E-state index contributed by atoms with van der Waals surface area (Å²) in [4.78, 5) is 14.2. The van der Waals surface area contributed by atoms with Crippen LogP contribution in [0.2, 0.25) is 10.0 Å². The standard InChI is InChI=1S/C20H21ClN2O2.C12H15ClN2/c21-16-6-7-17-18(12-16)22-14-20(17)8-10-23(11-9-20)19(24)25-13-15-4-2-1-3-5-15;13-9-1-2-10-11(7-9)15-8-12(10)3-5-14-6-4-12/h1-7,12,22H,8-11,13-14H2;1-2,7,14-15H,3-6,8H2. The molecule has 210 valence electrons. The second kappa shape index (κ2) is 11.5. The molecule has 3 N–H and O–H groups in total. The summed E-state index contributed by atoms with van der Waals surface area (Å²) in [5, 5.41) is 12.0. The first-order valence-corrected chi connectivity index (χ1v) is 15.0. The van der Waals surface area contributed by atoms with Crippen molar-refractivity contribution in [1.29, 1.82) is 0 Å². The SMILES string of the molecule is Clc1ccc2c(c1)NCC21CCNCC1.O=C(OCc1ccccc1)N1CCC2(CC1)CNc1cc(Cl)ccc12. The number of hydrogen-bond donors (Lipinski definition) is 3. The molecule has 0 unspecified atom stereocenters. The molecule has 0 radical (unpaired) electrons. The molecule has 0 aliphatic carbocycles. The van der Waals surface area contributed by atoms with Crippen LogP contribution < -0.4 is 16.0 Å². The molecule has 0 aromatic heterocycles. The normalized spacial score (nSPS) is 19.6. The first-order valence-electron chi connectivity index (χ1n) is 14.2. The van der Waals surface area contributed by atoms with E-state index < -0.39 is 0 Å². The summed E-state index contributed by atoms with van der Waals surface area (Å²) in [6.07, 6.45) is 4.12. The number of anilines is 2. The predicted octanol–water partition coefficient (Wildman–Crippen LogP) is 6.82. The molecular weight excluding hydrogens is 543 g/mol. The van der Waals surface area contributed by atoms with Crippen LogP contribution in [0.25, 0.3) is 0 Å². The highest BCUT2D eigenvalue weighted by Gasteiger charge is 2.42. The number of carbonyl (C=O) groups excluding carboxylic acids is 1. The molecule has 3 aromatic carbocycles. The molecule has 3 aromatic rings. The summed E-state index contributed by atoms with van der Waals surface area (Å²) in [6.45, 7) is 6.01. The van der Waals surface area contributed by atoms with Crippen LogP contribution in [0.3, 0.4) is 0 Å². The summed E-state index contributed by atoms with van der Waals surface area (Å²) in [5.41, 5.74) is 6.65. The first-order chi connectivity index (χ1) is 19.5. The maximum Gasteiger partial charge on any atom is 0.410 e. The molecule has 0 bridgehead atoms. The molecule has 4 aliphatic heterocycles. The Balaban J connectivity index is 0.000000164. The fraction of sp³-hybridized carbons (Fsp3) is 0.406. The number of amides is 1. The average molecular weight is 580 g/mol. The molecule has 8 heteroatoms. The van der Waals surface area contributed by atoms with Gasteiger partial charge in [0.15, 0.2) is 0 Å². The van der Waals surface area contributed by atoms with E-state index in [0.717, 1.165) is 73.4 Å². The number of likely N-dealkylation sites (tertiary alicyclic amines) is 1. The topological polar surface area (TPSA) is 65.6 Å². The van der Waals surface area contributed by atoms with Crippen molar-refractivity contribution in [2.24, 2.45) is 0 Å². The molecule has 7 rings (SSSR count). The van der Waals surface area contributed by atoms with E-state index in [0.29, 0.717) is 12.0 Å². The number of benzene rings is 3. The number of fused-ring (bicyclic) bond motifs is 4. The lowest BCUT2D eigenvalue weighted by atomic mass is 9.74. The van der Waals surface area contributed by atoms with Crippen molar-refractivity contribution in [3.05, 3.63) is 93.5 Å². The first kappa shape index (κ1) is 27.3. The molecule has 0 saturated carbocycles. The molecular formula is C32H36Cl2N4O2. The highest BCUT2D eigenvalue weighted by Crippen LogP contribution is 2.45. The third-order valence-corrected chi connectivity index (χ3v) is 9.56. The smallest absolute Gasteiger partial charge is 0.410 e. The molecule has 2 fully saturated rings. The van der Waals surface area contributed by atoms with Gasteiger partial charge in [0, 0.05) is 58.4 Å². The van der Waals surface area contributed by atoms with Crippen LogP contribution >= 0.6 is 23.2 Å². The Labute approximate surface area is 246 Å². The lowest BCUT2D eigenvalue weighted by Crippen LogP contribution is -2.46. The van der Waals surface area contributed by atoms with Crippen LogP contribution in [0.4, 0.5) is 16.2 Å². The zero-order valence-electron chi connectivity index (χ0n) is 22.6. The zero-order chi connectivity index (χ0) is 27.6. The van der Waals surface area contributed by atoms with Crippen molar-refractivity contribution < 1.29 is 9.53 Å².